The first-order valence-corrected chi connectivity index (χ1v) is 7.33. The SMILES string of the molecule is Cc1cc(NC2CCC(C)CC2)ccc1-n1cnnn1. The summed E-state index contributed by atoms with van der Waals surface area (Å²) in [7, 11) is 0. The van der Waals surface area contributed by atoms with Crippen LogP contribution in [0.4, 0.5) is 5.69 Å². The summed E-state index contributed by atoms with van der Waals surface area (Å²) in [6, 6.07) is 6.97. The fourth-order valence-electron chi connectivity index (χ4n) is 2.91. The van der Waals surface area contributed by atoms with Gasteiger partial charge >= 0.3 is 0 Å². The minimum absolute atomic E-state index is 0.615. The lowest BCUT2D eigenvalue weighted by Gasteiger charge is -2.28. The van der Waals surface area contributed by atoms with E-state index in [0.717, 1.165) is 11.6 Å². The molecule has 2 aromatic rings. The first kappa shape index (κ1) is 13.1. The molecule has 0 unspecified atom stereocenters. The maximum absolute atomic E-state index is 3.94. The van der Waals surface area contributed by atoms with Gasteiger partial charge < -0.3 is 5.32 Å². The van der Waals surface area contributed by atoms with Gasteiger partial charge in [0.05, 0.1) is 5.69 Å². The van der Waals surface area contributed by atoms with Gasteiger partial charge in [0, 0.05) is 11.7 Å². The van der Waals surface area contributed by atoms with Crippen LogP contribution in [-0.2, 0) is 0 Å². The Morgan fingerprint density at radius 1 is 1.20 bits per heavy atom. The first-order valence-electron chi connectivity index (χ1n) is 7.33. The Hall–Kier alpha value is -1.91. The second-order valence-electron chi connectivity index (χ2n) is 5.86. The fraction of sp³-hybridized carbons (Fsp3) is 0.533. The van der Waals surface area contributed by atoms with Gasteiger partial charge in [-0.15, -0.1) is 5.10 Å². The van der Waals surface area contributed by atoms with Crippen molar-refractivity contribution in [1.82, 2.24) is 20.2 Å². The highest BCUT2D eigenvalue weighted by Crippen LogP contribution is 2.27. The summed E-state index contributed by atoms with van der Waals surface area (Å²) in [5.74, 6) is 0.886. The molecule has 0 amide bonds. The van der Waals surface area contributed by atoms with Gasteiger partial charge in [-0.25, -0.2) is 4.68 Å². The number of aromatic nitrogens is 4. The van der Waals surface area contributed by atoms with Crippen molar-refractivity contribution < 1.29 is 0 Å². The van der Waals surface area contributed by atoms with Crippen molar-refractivity contribution in [2.24, 2.45) is 5.92 Å². The average molecular weight is 271 g/mol. The van der Waals surface area contributed by atoms with Crippen molar-refractivity contribution in [3.8, 4) is 5.69 Å². The molecule has 0 radical (unpaired) electrons. The molecule has 20 heavy (non-hydrogen) atoms. The highest BCUT2D eigenvalue weighted by molar-refractivity contribution is 5.53. The lowest BCUT2D eigenvalue weighted by molar-refractivity contribution is 0.361. The molecule has 1 saturated carbocycles. The van der Waals surface area contributed by atoms with Crippen LogP contribution in [0.5, 0.6) is 0 Å². The molecule has 1 fully saturated rings. The summed E-state index contributed by atoms with van der Waals surface area (Å²) >= 11 is 0. The van der Waals surface area contributed by atoms with Crippen molar-refractivity contribution >= 4 is 5.69 Å². The molecule has 5 heteroatoms. The third kappa shape index (κ3) is 2.81. The molecule has 0 spiro atoms. The zero-order valence-corrected chi connectivity index (χ0v) is 12.1. The minimum atomic E-state index is 0.615. The number of benzene rings is 1. The summed E-state index contributed by atoms with van der Waals surface area (Å²) in [6.45, 7) is 4.44. The molecule has 1 aliphatic rings. The van der Waals surface area contributed by atoms with Gasteiger partial charge in [0.1, 0.15) is 6.33 Å². The van der Waals surface area contributed by atoms with E-state index in [4.69, 9.17) is 0 Å². The quantitative estimate of drug-likeness (QED) is 0.932. The molecule has 1 aromatic carbocycles. The Kier molecular flexibility index (Phi) is 3.67. The molecule has 1 aliphatic carbocycles. The van der Waals surface area contributed by atoms with Crippen LogP contribution in [0.2, 0.25) is 0 Å². The fourth-order valence-corrected chi connectivity index (χ4v) is 2.91. The maximum atomic E-state index is 3.94. The number of hydrogen-bond acceptors (Lipinski definition) is 4. The number of aryl methyl sites for hydroxylation is 1. The van der Waals surface area contributed by atoms with Crippen molar-refractivity contribution in [2.45, 2.75) is 45.6 Å². The summed E-state index contributed by atoms with van der Waals surface area (Å²) in [5.41, 5.74) is 3.39. The molecule has 0 atom stereocenters. The first-order chi connectivity index (χ1) is 9.72. The minimum Gasteiger partial charge on any atom is -0.382 e. The van der Waals surface area contributed by atoms with Crippen LogP contribution < -0.4 is 5.32 Å². The molecule has 3 rings (SSSR count). The van der Waals surface area contributed by atoms with Gasteiger partial charge in [-0.3, -0.25) is 0 Å². The standard InChI is InChI=1S/C15H21N5/c1-11-3-5-13(6-4-11)17-14-7-8-15(12(2)9-14)20-10-16-18-19-20/h7-11,13,17H,3-6H2,1-2H3. The Bertz CT molecular complexity index is 556. The number of rotatable bonds is 3. The van der Waals surface area contributed by atoms with Crippen molar-refractivity contribution in [3.05, 3.63) is 30.1 Å². The summed E-state index contributed by atoms with van der Waals surface area (Å²) in [6.07, 6.45) is 6.83. The van der Waals surface area contributed by atoms with E-state index in [1.54, 1.807) is 11.0 Å². The number of tetrazole rings is 1. The second kappa shape index (κ2) is 5.61. The van der Waals surface area contributed by atoms with E-state index in [2.05, 4.69) is 52.9 Å². The lowest BCUT2D eigenvalue weighted by Crippen LogP contribution is -2.25. The van der Waals surface area contributed by atoms with E-state index in [1.165, 1.54) is 36.9 Å². The van der Waals surface area contributed by atoms with Gasteiger partial charge in [-0.1, -0.05) is 6.92 Å². The van der Waals surface area contributed by atoms with Crippen LogP contribution >= 0.6 is 0 Å². The van der Waals surface area contributed by atoms with Crippen LogP contribution in [0.3, 0.4) is 0 Å². The van der Waals surface area contributed by atoms with Gasteiger partial charge in [0.2, 0.25) is 0 Å². The molecule has 0 saturated heterocycles. The Morgan fingerprint density at radius 2 is 2.00 bits per heavy atom. The second-order valence-corrected chi connectivity index (χ2v) is 5.86. The van der Waals surface area contributed by atoms with Crippen LogP contribution in [0.1, 0.15) is 38.2 Å². The zero-order valence-electron chi connectivity index (χ0n) is 12.1. The molecule has 1 N–H and O–H groups in total. The van der Waals surface area contributed by atoms with E-state index < -0.39 is 0 Å². The van der Waals surface area contributed by atoms with Gasteiger partial charge in [-0.05, 0) is 72.7 Å². The molecule has 0 bridgehead atoms. The largest absolute Gasteiger partial charge is 0.382 e. The average Bonchev–Trinajstić information content (AvgIpc) is 2.95. The van der Waals surface area contributed by atoms with Crippen molar-refractivity contribution in [1.29, 1.82) is 0 Å². The number of hydrogen-bond donors (Lipinski definition) is 1. The van der Waals surface area contributed by atoms with Gasteiger partial charge in [0.15, 0.2) is 0 Å². The number of nitrogens with zero attached hydrogens (tertiary/aromatic N) is 4. The highest BCUT2D eigenvalue weighted by Gasteiger charge is 2.18. The Balaban J connectivity index is 1.71. The molecule has 106 valence electrons. The van der Waals surface area contributed by atoms with E-state index in [-0.39, 0.29) is 0 Å². The lowest BCUT2D eigenvalue weighted by atomic mass is 9.87. The molecular weight excluding hydrogens is 250 g/mol. The smallest absolute Gasteiger partial charge is 0.143 e. The predicted molar refractivity (Wildman–Crippen MR) is 78.9 cm³/mol. The predicted octanol–water partition coefficient (Wildman–Crippen LogP) is 2.96. The molecule has 0 aliphatic heterocycles. The third-order valence-corrected chi connectivity index (χ3v) is 4.18. The van der Waals surface area contributed by atoms with E-state index in [9.17, 15) is 0 Å². The highest BCUT2D eigenvalue weighted by atomic mass is 15.5. The molecule has 1 aromatic heterocycles. The van der Waals surface area contributed by atoms with Crippen LogP contribution in [0, 0.1) is 12.8 Å². The van der Waals surface area contributed by atoms with E-state index in [0.29, 0.717) is 6.04 Å². The number of nitrogens with one attached hydrogen (secondary N) is 1. The van der Waals surface area contributed by atoms with Gasteiger partial charge in [0.25, 0.3) is 0 Å². The molecular formula is C15H21N5. The molecule has 5 nitrogen and oxygen atoms in total. The summed E-state index contributed by atoms with van der Waals surface area (Å²) in [5, 5.41) is 14.9. The Morgan fingerprint density at radius 3 is 2.65 bits per heavy atom. The summed E-state index contributed by atoms with van der Waals surface area (Å²) in [4.78, 5) is 0. The maximum Gasteiger partial charge on any atom is 0.143 e. The van der Waals surface area contributed by atoms with Crippen molar-refractivity contribution in [3.63, 3.8) is 0 Å². The van der Waals surface area contributed by atoms with Crippen LogP contribution in [-0.4, -0.2) is 26.2 Å². The van der Waals surface area contributed by atoms with Gasteiger partial charge in [-0.2, -0.15) is 0 Å². The zero-order chi connectivity index (χ0) is 13.9. The Labute approximate surface area is 119 Å². The normalized spacial score (nSPS) is 22.7. The summed E-state index contributed by atoms with van der Waals surface area (Å²) < 4.78 is 1.70. The van der Waals surface area contributed by atoms with E-state index >= 15 is 0 Å². The monoisotopic (exact) mass is 271 g/mol. The van der Waals surface area contributed by atoms with Crippen LogP contribution in [0.15, 0.2) is 24.5 Å². The topological polar surface area (TPSA) is 55.6 Å². The van der Waals surface area contributed by atoms with Crippen molar-refractivity contribution in [2.75, 3.05) is 5.32 Å². The number of anilines is 1. The third-order valence-electron chi connectivity index (χ3n) is 4.18. The van der Waals surface area contributed by atoms with Crippen LogP contribution in [0.25, 0.3) is 5.69 Å². The molecule has 1 heterocycles. The van der Waals surface area contributed by atoms with E-state index in [1.807, 2.05) is 0 Å².